The van der Waals surface area contributed by atoms with Crippen molar-refractivity contribution in [1.82, 2.24) is 4.90 Å². The van der Waals surface area contributed by atoms with Gasteiger partial charge in [0.1, 0.15) is 11.4 Å². The Hall–Kier alpha value is -1.06. The molecule has 0 aromatic carbocycles. The molecule has 0 radical (unpaired) electrons. The average Bonchev–Trinajstić information content (AvgIpc) is 2.32. The fourth-order valence-electron chi connectivity index (χ4n) is 3.69. The largest absolute Gasteiger partial charge is 0.444 e. The lowest BCUT2D eigenvalue weighted by molar-refractivity contribution is -0.143. The second kappa shape index (κ2) is 5.05. The third-order valence-electron chi connectivity index (χ3n) is 4.72. The number of hydrogen-bond donors (Lipinski definition) is 0. The number of rotatable bonds is 0. The lowest BCUT2D eigenvalue weighted by Crippen LogP contribution is -2.60. The molecule has 0 aromatic heterocycles. The first-order valence-corrected chi connectivity index (χ1v) is 7.69. The Bertz CT molecular complexity index is 412. The first-order valence-electron chi connectivity index (χ1n) is 7.69. The summed E-state index contributed by atoms with van der Waals surface area (Å²) in [5.74, 6) is 0.442. The maximum Gasteiger partial charge on any atom is 0.410 e. The Morgan fingerprint density at radius 2 is 2.00 bits per heavy atom. The Balaban J connectivity index is 2.20. The summed E-state index contributed by atoms with van der Waals surface area (Å²) in [4.78, 5) is 26.8. The lowest BCUT2D eigenvalue weighted by Gasteiger charge is -2.51. The van der Waals surface area contributed by atoms with Crippen LogP contribution in [0, 0.1) is 11.3 Å². The molecule has 3 unspecified atom stereocenters. The van der Waals surface area contributed by atoms with Gasteiger partial charge in [-0.3, -0.25) is 4.79 Å². The van der Waals surface area contributed by atoms with Gasteiger partial charge in [0.2, 0.25) is 0 Å². The summed E-state index contributed by atoms with van der Waals surface area (Å²) >= 11 is 0. The van der Waals surface area contributed by atoms with E-state index in [0.717, 1.165) is 25.7 Å². The number of amides is 1. The molecular weight excluding hydrogens is 254 g/mol. The van der Waals surface area contributed by atoms with Crippen molar-refractivity contribution in [3.8, 4) is 0 Å². The number of carbonyl (C=O) groups excluding carboxylic acids is 2. The van der Waals surface area contributed by atoms with E-state index in [0.29, 0.717) is 12.3 Å². The van der Waals surface area contributed by atoms with E-state index in [4.69, 9.17) is 4.74 Å². The van der Waals surface area contributed by atoms with E-state index in [-0.39, 0.29) is 23.5 Å². The Labute approximate surface area is 121 Å². The van der Waals surface area contributed by atoms with Gasteiger partial charge in [0.15, 0.2) is 0 Å². The summed E-state index contributed by atoms with van der Waals surface area (Å²) in [5.41, 5.74) is -0.871. The molecule has 1 saturated carbocycles. The molecule has 4 heteroatoms. The minimum absolute atomic E-state index is 0.00907. The molecule has 1 amide bonds. The zero-order valence-corrected chi connectivity index (χ0v) is 13.4. The maximum atomic E-state index is 12.6. The Morgan fingerprint density at radius 3 is 2.60 bits per heavy atom. The number of Topliss-reactive ketones (excluding diaryl/α,β-unsaturated/α-hetero) is 1. The van der Waals surface area contributed by atoms with Gasteiger partial charge in [-0.05, 0) is 46.5 Å². The van der Waals surface area contributed by atoms with Crippen LogP contribution in [-0.4, -0.2) is 35.0 Å². The summed E-state index contributed by atoms with van der Waals surface area (Å²) in [6.07, 6.45) is 3.28. The van der Waals surface area contributed by atoms with Gasteiger partial charge in [-0.2, -0.15) is 0 Å². The van der Waals surface area contributed by atoms with Crippen LogP contribution < -0.4 is 0 Å². The van der Waals surface area contributed by atoms with Crippen molar-refractivity contribution < 1.29 is 14.3 Å². The van der Waals surface area contributed by atoms with Crippen LogP contribution in [0.25, 0.3) is 0 Å². The first kappa shape index (κ1) is 15.3. The van der Waals surface area contributed by atoms with E-state index >= 15 is 0 Å². The van der Waals surface area contributed by atoms with E-state index in [1.54, 1.807) is 4.90 Å². The molecule has 3 atom stereocenters. The number of ether oxygens (including phenoxy) is 1. The summed E-state index contributed by atoms with van der Waals surface area (Å²) in [6.45, 7) is 10.4. The molecule has 0 bridgehead atoms. The monoisotopic (exact) mass is 281 g/mol. The van der Waals surface area contributed by atoms with Gasteiger partial charge in [0.25, 0.3) is 0 Å². The number of fused-ring (bicyclic) bond motifs is 1. The summed E-state index contributed by atoms with van der Waals surface area (Å²) in [7, 11) is 0. The minimum Gasteiger partial charge on any atom is -0.444 e. The van der Waals surface area contributed by atoms with Crippen LogP contribution in [0.1, 0.15) is 60.3 Å². The van der Waals surface area contributed by atoms with Crippen LogP contribution in [0.4, 0.5) is 4.79 Å². The van der Waals surface area contributed by atoms with Crippen molar-refractivity contribution in [3.05, 3.63) is 0 Å². The van der Waals surface area contributed by atoms with Crippen molar-refractivity contribution >= 4 is 11.9 Å². The molecule has 1 saturated heterocycles. The molecule has 20 heavy (non-hydrogen) atoms. The van der Waals surface area contributed by atoms with Crippen LogP contribution in [0.5, 0.6) is 0 Å². The van der Waals surface area contributed by atoms with E-state index in [1.807, 2.05) is 34.6 Å². The fourth-order valence-corrected chi connectivity index (χ4v) is 3.69. The molecule has 114 valence electrons. The van der Waals surface area contributed by atoms with Gasteiger partial charge < -0.3 is 9.64 Å². The predicted molar refractivity (Wildman–Crippen MR) is 77.5 cm³/mol. The fraction of sp³-hybridized carbons (Fsp3) is 0.875. The molecule has 1 aliphatic heterocycles. The summed E-state index contributed by atoms with van der Waals surface area (Å²) in [5, 5.41) is 0. The van der Waals surface area contributed by atoms with Crippen molar-refractivity contribution in [1.29, 1.82) is 0 Å². The number of hydrogen-bond acceptors (Lipinski definition) is 3. The smallest absolute Gasteiger partial charge is 0.410 e. The second-order valence-corrected chi connectivity index (χ2v) is 7.55. The molecule has 2 aliphatic rings. The van der Waals surface area contributed by atoms with Crippen LogP contribution in [-0.2, 0) is 9.53 Å². The van der Waals surface area contributed by atoms with E-state index < -0.39 is 5.60 Å². The number of ketones is 1. The van der Waals surface area contributed by atoms with Crippen molar-refractivity contribution in [2.75, 3.05) is 6.54 Å². The summed E-state index contributed by atoms with van der Waals surface area (Å²) in [6, 6.07) is 0.00907. The van der Waals surface area contributed by atoms with Gasteiger partial charge >= 0.3 is 6.09 Å². The first-order chi connectivity index (χ1) is 9.15. The topological polar surface area (TPSA) is 46.6 Å². The molecule has 0 N–H and O–H groups in total. The van der Waals surface area contributed by atoms with Crippen LogP contribution in [0.3, 0.4) is 0 Å². The molecule has 1 aliphatic carbocycles. The SMILES string of the molecule is CC1CCC2N(C(=O)OC(C)(C)C)CCCC2(C)C1=O. The van der Waals surface area contributed by atoms with Crippen molar-refractivity contribution in [3.63, 3.8) is 0 Å². The number of likely N-dealkylation sites (tertiary alicyclic amines) is 1. The minimum atomic E-state index is -0.489. The third-order valence-corrected chi connectivity index (χ3v) is 4.72. The zero-order chi connectivity index (χ0) is 15.1. The number of nitrogens with zero attached hydrogens (tertiary/aromatic N) is 1. The highest BCUT2D eigenvalue weighted by Crippen LogP contribution is 2.45. The quantitative estimate of drug-likeness (QED) is 0.683. The highest BCUT2D eigenvalue weighted by atomic mass is 16.6. The zero-order valence-electron chi connectivity index (χ0n) is 13.4. The standard InChI is InChI=1S/C16H27NO3/c1-11-7-8-12-16(5,13(11)18)9-6-10-17(12)14(19)20-15(2,3)4/h11-12H,6-10H2,1-5H3. The molecule has 1 heterocycles. The third kappa shape index (κ3) is 2.70. The van der Waals surface area contributed by atoms with Crippen LogP contribution in [0.15, 0.2) is 0 Å². The van der Waals surface area contributed by atoms with E-state index in [1.165, 1.54) is 0 Å². The van der Waals surface area contributed by atoms with Crippen molar-refractivity contribution in [2.45, 2.75) is 71.9 Å². The predicted octanol–water partition coefficient (Wildman–Crippen LogP) is 3.39. The van der Waals surface area contributed by atoms with E-state index in [2.05, 4.69) is 0 Å². The molecule has 4 nitrogen and oxygen atoms in total. The second-order valence-electron chi connectivity index (χ2n) is 7.55. The van der Waals surface area contributed by atoms with E-state index in [9.17, 15) is 9.59 Å². The molecule has 2 fully saturated rings. The Morgan fingerprint density at radius 1 is 1.35 bits per heavy atom. The molecule has 0 spiro atoms. The normalized spacial score (nSPS) is 34.6. The number of piperidine rings is 1. The maximum absolute atomic E-state index is 12.6. The van der Waals surface area contributed by atoms with Crippen molar-refractivity contribution in [2.24, 2.45) is 11.3 Å². The van der Waals surface area contributed by atoms with Gasteiger partial charge in [-0.15, -0.1) is 0 Å². The highest BCUT2D eigenvalue weighted by Gasteiger charge is 2.52. The van der Waals surface area contributed by atoms with Gasteiger partial charge in [-0.1, -0.05) is 13.8 Å². The van der Waals surface area contributed by atoms with Gasteiger partial charge in [0.05, 0.1) is 0 Å². The Kier molecular flexibility index (Phi) is 3.87. The van der Waals surface area contributed by atoms with Crippen LogP contribution >= 0.6 is 0 Å². The lowest BCUT2D eigenvalue weighted by atomic mass is 9.62. The average molecular weight is 281 g/mol. The molecule has 2 rings (SSSR count). The number of carbonyl (C=O) groups is 2. The molecular formula is C16H27NO3. The summed E-state index contributed by atoms with van der Waals surface area (Å²) < 4.78 is 5.51. The van der Waals surface area contributed by atoms with Gasteiger partial charge in [-0.25, -0.2) is 4.79 Å². The van der Waals surface area contributed by atoms with Gasteiger partial charge in [0, 0.05) is 23.9 Å². The highest BCUT2D eigenvalue weighted by molar-refractivity contribution is 5.89. The van der Waals surface area contributed by atoms with Crippen LogP contribution in [0.2, 0.25) is 0 Å². The molecule has 0 aromatic rings.